The number of benzene rings is 1. The van der Waals surface area contributed by atoms with Crippen LogP contribution in [-0.4, -0.2) is 21.2 Å². The van der Waals surface area contributed by atoms with E-state index in [1.165, 1.54) is 0 Å². The number of carboxylic acids is 1. The summed E-state index contributed by atoms with van der Waals surface area (Å²) in [7, 11) is 0. The average Bonchev–Trinajstić information content (AvgIpc) is 2.38. The Morgan fingerprint density at radius 3 is 2.68 bits per heavy atom. The zero-order valence-electron chi connectivity index (χ0n) is 10.6. The lowest BCUT2D eigenvalue weighted by molar-refractivity contribution is 0.0696. The maximum atomic E-state index is 10.9. The SMILES string of the molecule is Cc1cc(Cc2cccc(C(=O)O)c2)cc(CO)n1. The van der Waals surface area contributed by atoms with Gasteiger partial charge < -0.3 is 10.2 Å². The normalized spacial score (nSPS) is 10.4. The largest absolute Gasteiger partial charge is 0.478 e. The second kappa shape index (κ2) is 5.63. The van der Waals surface area contributed by atoms with Crippen LogP contribution >= 0.6 is 0 Å². The Morgan fingerprint density at radius 1 is 1.21 bits per heavy atom. The van der Waals surface area contributed by atoms with Crippen LogP contribution in [0.2, 0.25) is 0 Å². The highest BCUT2D eigenvalue weighted by molar-refractivity contribution is 5.87. The molecule has 0 fully saturated rings. The summed E-state index contributed by atoms with van der Waals surface area (Å²) in [6.45, 7) is 1.78. The lowest BCUT2D eigenvalue weighted by Gasteiger charge is -2.06. The van der Waals surface area contributed by atoms with Crippen molar-refractivity contribution in [1.82, 2.24) is 4.98 Å². The van der Waals surface area contributed by atoms with Crippen LogP contribution in [-0.2, 0) is 13.0 Å². The fourth-order valence-corrected chi connectivity index (χ4v) is 2.05. The number of carboxylic acid groups (broad SMARTS) is 1. The molecule has 0 amide bonds. The first-order valence-corrected chi connectivity index (χ1v) is 5.98. The Kier molecular flexibility index (Phi) is 3.92. The van der Waals surface area contributed by atoms with Crippen molar-refractivity contribution >= 4 is 5.97 Å². The summed E-state index contributed by atoms with van der Waals surface area (Å²) < 4.78 is 0. The van der Waals surface area contributed by atoms with Gasteiger partial charge in [0, 0.05) is 5.69 Å². The number of carbonyl (C=O) groups is 1. The Hall–Kier alpha value is -2.20. The molecule has 0 aliphatic heterocycles. The molecular formula is C15H15NO3. The summed E-state index contributed by atoms with van der Waals surface area (Å²) >= 11 is 0. The molecule has 19 heavy (non-hydrogen) atoms. The minimum atomic E-state index is -0.927. The van der Waals surface area contributed by atoms with E-state index in [2.05, 4.69) is 4.98 Å². The minimum absolute atomic E-state index is 0.0934. The van der Waals surface area contributed by atoms with E-state index in [1.807, 2.05) is 25.1 Å². The van der Waals surface area contributed by atoms with E-state index in [-0.39, 0.29) is 12.2 Å². The molecule has 0 aliphatic rings. The van der Waals surface area contributed by atoms with Crippen molar-refractivity contribution in [3.63, 3.8) is 0 Å². The van der Waals surface area contributed by atoms with E-state index >= 15 is 0 Å². The standard InChI is InChI=1S/C15H15NO3/c1-10-5-12(8-14(9-17)16-10)6-11-3-2-4-13(7-11)15(18)19/h2-5,7-8,17H,6,9H2,1H3,(H,18,19). The molecule has 0 aliphatic carbocycles. The van der Waals surface area contributed by atoms with Crippen molar-refractivity contribution in [2.75, 3.05) is 0 Å². The maximum Gasteiger partial charge on any atom is 0.335 e. The summed E-state index contributed by atoms with van der Waals surface area (Å²) in [6.07, 6.45) is 0.622. The lowest BCUT2D eigenvalue weighted by Crippen LogP contribution is -1.99. The van der Waals surface area contributed by atoms with Gasteiger partial charge in [0.1, 0.15) is 0 Å². The summed E-state index contributed by atoms with van der Waals surface area (Å²) in [6, 6.07) is 10.6. The maximum absolute atomic E-state index is 10.9. The van der Waals surface area contributed by atoms with Crippen molar-refractivity contribution in [2.45, 2.75) is 20.0 Å². The predicted molar refractivity (Wildman–Crippen MR) is 71.1 cm³/mol. The highest BCUT2D eigenvalue weighted by Gasteiger charge is 2.05. The number of aromatic nitrogens is 1. The highest BCUT2D eigenvalue weighted by Crippen LogP contribution is 2.14. The Labute approximate surface area is 111 Å². The Bertz CT molecular complexity index is 608. The number of pyridine rings is 1. The van der Waals surface area contributed by atoms with Crippen LogP contribution in [0.15, 0.2) is 36.4 Å². The highest BCUT2D eigenvalue weighted by atomic mass is 16.4. The van der Waals surface area contributed by atoms with Crippen molar-refractivity contribution in [2.24, 2.45) is 0 Å². The number of hydrogen-bond acceptors (Lipinski definition) is 3. The van der Waals surface area contributed by atoms with E-state index < -0.39 is 5.97 Å². The number of aliphatic hydroxyl groups is 1. The number of rotatable bonds is 4. The van der Waals surface area contributed by atoms with Crippen LogP contribution < -0.4 is 0 Å². The summed E-state index contributed by atoms with van der Waals surface area (Å²) in [5.41, 5.74) is 3.69. The van der Waals surface area contributed by atoms with Gasteiger partial charge in [0.05, 0.1) is 17.9 Å². The quantitative estimate of drug-likeness (QED) is 0.880. The van der Waals surface area contributed by atoms with E-state index in [9.17, 15) is 4.79 Å². The molecule has 98 valence electrons. The van der Waals surface area contributed by atoms with Gasteiger partial charge in [-0.25, -0.2) is 4.79 Å². The molecule has 0 atom stereocenters. The van der Waals surface area contributed by atoms with Gasteiger partial charge in [-0.05, 0) is 48.7 Å². The third kappa shape index (κ3) is 3.39. The molecule has 4 heteroatoms. The Balaban J connectivity index is 2.28. The molecular weight excluding hydrogens is 242 g/mol. The molecule has 1 aromatic heterocycles. The first-order chi connectivity index (χ1) is 9.08. The third-order valence-electron chi connectivity index (χ3n) is 2.81. The zero-order valence-corrected chi connectivity index (χ0v) is 10.6. The number of aromatic carboxylic acids is 1. The second-order valence-electron chi connectivity index (χ2n) is 4.45. The average molecular weight is 257 g/mol. The van der Waals surface area contributed by atoms with Crippen LogP contribution in [0, 0.1) is 6.92 Å². The predicted octanol–water partition coefficient (Wildman–Crippen LogP) is 2.17. The minimum Gasteiger partial charge on any atom is -0.478 e. The van der Waals surface area contributed by atoms with Crippen LogP contribution in [0.4, 0.5) is 0 Å². The smallest absolute Gasteiger partial charge is 0.335 e. The molecule has 0 saturated carbocycles. The Morgan fingerprint density at radius 2 is 2.00 bits per heavy atom. The molecule has 0 spiro atoms. The van der Waals surface area contributed by atoms with Crippen LogP contribution in [0.5, 0.6) is 0 Å². The van der Waals surface area contributed by atoms with E-state index in [1.54, 1.807) is 18.2 Å². The van der Waals surface area contributed by atoms with Crippen molar-refractivity contribution in [3.05, 3.63) is 64.5 Å². The van der Waals surface area contributed by atoms with Crippen LogP contribution in [0.3, 0.4) is 0 Å². The lowest BCUT2D eigenvalue weighted by atomic mass is 10.0. The van der Waals surface area contributed by atoms with Crippen molar-refractivity contribution in [3.8, 4) is 0 Å². The van der Waals surface area contributed by atoms with Crippen molar-refractivity contribution in [1.29, 1.82) is 0 Å². The molecule has 1 heterocycles. The molecule has 4 nitrogen and oxygen atoms in total. The van der Waals surface area contributed by atoms with Gasteiger partial charge >= 0.3 is 5.97 Å². The van der Waals surface area contributed by atoms with Gasteiger partial charge in [-0.2, -0.15) is 0 Å². The van der Waals surface area contributed by atoms with E-state index in [0.717, 1.165) is 16.8 Å². The van der Waals surface area contributed by atoms with Gasteiger partial charge in [0.15, 0.2) is 0 Å². The molecule has 0 saturated heterocycles. The van der Waals surface area contributed by atoms with Gasteiger partial charge in [-0.3, -0.25) is 4.98 Å². The second-order valence-corrected chi connectivity index (χ2v) is 4.45. The zero-order chi connectivity index (χ0) is 13.8. The summed E-state index contributed by atoms with van der Waals surface area (Å²) in [4.78, 5) is 15.1. The summed E-state index contributed by atoms with van der Waals surface area (Å²) in [5.74, 6) is -0.927. The van der Waals surface area contributed by atoms with Gasteiger partial charge in [-0.15, -0.1) is 0 Å². The third-order valence-corrected chi connectivity index (χ3v) is 2.81. The monoisotopic (exact) mass is 257 g/mol. The van der Waals surface area contributed by atoms with E-state index in [4.69, 9.17) is 10.2 Å². The number of aryl methyl sites for hydroxylation is 1. The van der Waals surface area contributed by atoms with Gasteiger partial charge in [-0.1, -0.05) is 12.1 Å². The van der Waals surface area contributed by atoms with E-state index in [0.29, 0.717) is 12.1 Å². The van der Waals surface area contributed by atoms with Crippen molar-refractivity contribution < 1.29 is 15.0 Å². The molecule has 0 unspecified atom stereocenters. The first kappa shape index (κ1) is 13.2. The van der Waals surface area contributed by atoms with Crippen LogP contribution in [0.25, 0.3) is 0 Å². The van der Waals surface area contributed by atoms with Gasteiger partial charge in [0.2, 0.25) is 0 Å². The molecule has 0 bridgehead atoms. The fraction of sp³-hybridized carbons (Fsp3) is 0.200. The number of aliphatic hydroxyl groups excluding tert-OH is 1. The molecule has 2 aromatic rings. The summed E-state index contributed by atoms with van der Waals surface area (Å²) in [5, 5.41) is 18.1. The first-order valence-electron chi connectivity index (χ1n) is 5.98. The fourth-order valence-electron chi connectivity index (χ4n) is 2.05. The molecule has 0 radical (unpaired) electrons. The van der Waals surface area contributed by atoms with Gasteiger partial charge in [0.25, 0.3) is 0 Å². The molecule has 2 N–H and O–H groups in total. The molecule has 1 aromatic carbocycles. The molecule has 2 rings (SSSR count). The number of hydrogen-bond donors (Lipinski definition) is 2. The topological polar surface area (TPSA) is 70.4 Å². The number of nitrogens with zero attached hydrogens (tertiary/aromatic N) is 1. The van der Waals surface area contributed by atoms with Crippen LogP contribution in [0.1, 0.15) is 32.9 Å².